The van der Waals surface area contributed by atoms with E-state index < -0.39 is 23.5 Å². The zero-order chi connectivity index (χ0) is 47.5. The van der Waals surface area contributed by atoms with E-state index in [-0.39, 0.29) is 46.5 Å². The molecular weight excluding hydrogens is 859 g/mol. The first-order valence-corrected chi connectivity index (χ1v) is 23.6. The molecule has 0 radical (unpaired) electrons. The molecule has 0 aliphatic carbocycles. The average molecular weight is 925 g/mol. The molecule has 4 saturated heterocycles. The summed E-state index contributed by atoms with van der Waals surface area (Å²) >= 11 is 0. The third-order valence-electron chi connectivity index (χ3n) is 14.4. The maximum absolute atomic E-state index is 13.5. The Morgan fingerprint density at radius 3 is 1.29 bits per heavy atom. The minimum atomic E-state index is -4.45. The van der Waals surface area contributed by atoms with Gasteiger partial charge in [-0.1, -0.05) is 13.8 Å². The highest BCUT2D eigenvalue weighted by molar-refractivity contribution is 5.95. The van der Waals surface area contributed by atoms with Crippen LogP contribution in [0.15, 0.2) is 60.9 Å². The predicted molar refractivity (Wildman–Crippen MR) is 249 cm³/mol. The van der Waals surface area contributed by atoms with Gasteiger partial charge in [0.2, 0.25) is 0 Å². The highest BCUT2D eigenvalue weighted by Crippen LogP contribution is 2.41. The van der Waals surface area contributed by atoms with Crippen molar-refractivity contribution in [1.82, 2.24) is 29.6 Å². The lowest BCUT2D eigenvalue weighted by molar-refractivity contribution is -0.137. The molecule has 0 unspecified atom stereocenters. The predicted octanol–water partition coefficient (Wildman–Crippen LogP) is 8.62. The number of pyridine rings is 2. The Balaban J connectivity index is 0.000000196. The van der Waals surface area contributed by atoms with Gasteiger partial charge in [0.25, 0.3) is 0 Å². The second-order valence-electron chi connectivity index (χ2n) is 19.7. The van der Waals surface area contributed by atoms with Gasteiger partial charge in [0.1, 0.15) is 11.6 Å². The molecule has 0 bridgehead atoms. The van der Waals surface area contributed by atoms with Crippen LogP contribution >= 0.6 is 0 Å². The molecular formula is C50H66F6N8O2. The van der Waals surface area contributed by atoms with Gasteiger partial charge in [-0.2, -0.15) is 26.3 Å². The van der Waals surface area contributed by atoms with E-state index in [2.05, 4.69) is 67.3 Å². The summed E-state index contributed by atoms with van der Waals surface area (Å²) in [5, 5.41) is 1.02. The number of carbonyl (C=O) groups excluding carboxylic acids is 2. The summed E-state index contributed by atoms with van der Waals surface area (Å²) in [6, 6.07) is 12.0. The van der Waals surface area contributed by atoms with Crippen molar-refractivity contribution in [2.24, 2.45) is 23.7 Å². The zero-order valence-electron chi connectivity index (χ0n) is 39.2. The molecule has 0 spiro atoms. The number of hydrogen-bond acceptors (Lipinski definition) is 10. The Hall–Kier alpha value is -4.38. The molecule has 4 aliphatic rings. The average Bonchev–Trinajstić information content (AvgIpc) is 3.27. The first-order valence-electron chi connectivity index (χ1n) is 23.6. The van der Waals surface area contributed by atoms with Crippen LogP contribution in [0, 0.1) is 23.7 Å². The number of fused-ring (bicyclic) bond motifs is 2. The van der Waals surface area contributed by atoms with Crippen LogP contribution < -0.4 is 9.80 Å². The number of likely N-dealkylation sites (N-methyl/N-ethyl adjacent to an activating group) is 2. The number of ketones is 2. The van der Waals surface area contributed by atoms with Crippen molar-refractivity contribution >= 4 is 44.7 Å². The quantitative estimate of drug-likeness (QED) is 0.144. The Morgan fingerprint density at radius 1 is 0.576 bits per heavy atom. The number of halogens is 6. The maximum Gasteiger partial charge on any atom is 0.418 e. The SMILES string of the molecule is C[C@H]1C[C@@H](CC(=O)[C@@H](C)N2CCN(C)CC2)CN(c2ccc(C(F)(F)F)c3ncccc23)C1.C[C@H]1C[C@@H](CC(=O)[C@H](C)N2CCN(C)CC2)CN(c2ccc(C(F)(F)F)c3ncccc23)C1. The van der Waals surface area contributed by atoms with E-state index in [1.54, 1.807) is 36.4 Å². The molecule has 8 rings (SSSR count). The molecule has 10 nitrogen and oxygen atoms in total. The van der Waals surface area contributed by atoms with Crippen LogP contribution in [-0.2, 0) is 21.9 Å². The van der Waals surface area contributed by atoms with Crippen LogP contribution in [0.4, 0.5) is 37.7 Å². The van der Waals surface area contributed by atoms with E-state index in [4.69, 9.17) is 0 Å². The standard InChI is InChI=1S/2C25H33F3N4O/c2*1-17-13-19(14-23(33)18(2)31-11-9-30(3)10-12-31)16-32(15-17)22-7-6-21(25(26,27)28)24-20(22)5-4-8-29-24/h2*4-8,17-19H,9-16H2,1-3H3/t17-,18+,19-;17-,18-,19-/m00/s1. The number of carbonyl (C=O) groups is 2. The molecule has 0 saturated carbocycles. The minimum absolute atomic E-state index is 0.0166. The van der Waals surface area contributed by atoms with Gasteiger partial charge in [0, 0.05) is 126 Å². The zero-order valence-corrected chi connectivity index (χ0v) is 39.2. The van der Waals surface area contributed by atoms with Crippen LogP contribution in [0.1, 0.15) is 64.5 Å². The fourth-order valence-electron chi connectivity index (χ4n) is 10.7. The van der Waals surface area contributed by atoms with Crippen LogP contribution in [-0.4, -0.2) is 146 Å². The molecule has 2 aromatic carbocycles. The normalized spacial score (nSPS) is 24.2. The number of alkyl halides is 6. The van der Waals surface area contributed by atoms with Gasteiger partial charge in [-0.15, -0.1) is 0 Å². The van der Waals surface area contributed by atoms with Gasteiger partial charge in [-0.3, -0.25) is 29.4 Å². The van der Waals surface area contributed by atoms with E-state index in [0.29, 0.717) is 48.5 Å². The smallest absolute Gasteiger partial charge is 0.370 e. The highest BCUT2D eigenvalue weighted by atomic mass is 19.4. The lowest BCUT2D eigenvalue weighted by Crippen LogP contribution is -2.51. The van der Waals surface area contributed by atoms with Crippen molar-refractivity contribution in [2.75, 3.05) is 102 Å². The third kappa shape index (κ3) is 11.8. The molecule has 2 aromatic heterocycles. The van der Waals surface area contributed by atoms with Crippen molar-refractivity contribution < 1.29 is 35.9 Å². The fourth-order valence-corrected chi connectivity index (χ4v) is 10.7. The van der Waals surface area contributed by atoms with E-state index in [1.165, 1.54) is 12.4 Å². The number of hydrogen-bond donors (Lipinski definition) is 0. The number of piperazine rings is 2. The Bertz CT molecular complexity index is 2130. The fraction of sp³-hybridized carbons (Fsp3) is 0.600. The molecule has 0 amide bonds. The van der Waals surface area contributed by atoms with Crippen molar-refractivity contribution in [2.45, 2.75) is 77.8 Å². The van der Waals surface area contributed by atoms with Crippen molar-refractivity contribution in [3.8, 4) is 0 Å². The summed E-state index contributed by atoms with van der Waals surface area (Å²) in [5.74, 6) is 1.60. The van der Waals surface area contributed by atoms with Crippen molar-refractivity contribution in [1.29, 1.82) is 0 Å². The monoisotopic (exact) mass is 925 g/mol. The van der Waals surface area contributed by atoms with Gasteiger partial charge in [0.05, 0.1) is 34.2 Å². The van der Waals surface area contributed by atoms with Crippen LogP contribution in [0.2, 0.25) is 0 Å². The second kappa shape index (κ2) is 20.9. The van der Waals surface area contributed by atoms with Crippen molar-refractivity contribution in [3.05, 3.63) is 72.1 Å². The molecule has 66 heavy (non-hydrogen) atoms. The van der Waals surface area contributed by atoms with Gasteiger partial charge in [-0.25, -0.2) is 0 Å². The summed E-state index contributed by atoms with van der Waals surface area (Å²) < 4.78 is 81.1. The summed E-state index contributed by atoms with van der Waals surface area (Å²) in [6.07, 6.45) is -3.18. The largest absolute Gasteiger partial charge is 0.418 e. The minimum Gasteiger partial charge on any atom is -0.370 e. The molecule has 4 aromatic rings. The number of nitrogens with zero attached hydrogens (tertiary/aromatic N) is 8. The molecule has 16 heteroatoms. The first-order chi connectivity index (χ1) is 31.3. The van der Waals surface area contributed by atoms with Gasteiger partial charge in [-0.05, 0) is 113 Å². The lowest BCUT2D eigenvalue weighted by atomic mass is 9.85. The van der Waals surface area contributed by atoms with E-state index in [1.807, 2.05) is 13.8 Å². The topological polar surface area (TPSA) is 79.4 Å². The lowest BCUT2D eigenvalue weighted by Gasteiger charge is -2.40. The van der Waals surface area contributed by atoms with Crippen LogP contribution in [0.3, 0.4) is 0 Å². The Morgan fingerprint density at radius 2 is 0.939 bits per heavy atom. The Kier molecular flexibility index (Phi) is 15.7. The van der Waals surface area contributed by atoms with Crippen LogP contribution in [0.5, 0.6) is 0 Å². The highest BCUT2D eigenvalue weighted by Gasteiger charge is 2.38. The number of benzene rings is 2. The molecule has 4 fully saturated rings. The Labute approximate surface area is 385 Å². The third-order valence-corrected chi connectivity index (χ3v) is 14.4. The number of rotatable bonds is 10. The van der Waals surface area contributed by atoms with E-state index in [9.17, 15) is 35.9 Å². The van der Waals surface area contributed by atoms with Gasteiger partial charge in [0.15, 0.2) is 0 Å². The summed E-state index contributed by atoms with van der Waals surface area (Å²) in [5.41, 5.74) is 0.0813. The maximum atomic E-state index is 13.5. The van der Waals surface area contributed by atoms with E-state index in [0.717, 1.165) is 102 Å². The molecule has 6 heterocycles. The number of piperidine rings is 2. The van der Waals surface area contributed by atoms with Gasteiger partial charge >= 0.3 is 12.4 Å². The van der Waals surface area contributed by atoms with Gasteiger partial charge < -0.3 is 19.6 Å². The molecule has 6 atom stereocenters. The van der Waals surface area contributed by atoms with Crippen molar-refractivity contribution in [3.63, 3.8) is 0 Å². The number of anilines is 2. The first kappa shape index (κ1) is 49.5. The molecule has 0 N–H and O–H groups in total. The van der Waals surface area contributed by atoms with Crippen LogP contribution in [0.25, 0.3) is 21.8 Å². The molecule has 4 aliphatic heterocycles. The van der Waals surface area contributed by atoms with E-state index >= 15 is 0 Å². The summed E-state index contributed by atoms with van der Waals surface area (Å²) in [7, 11) is 4.20. The second-order valence-corrected chi connectivity index (χ2v) is 19.7. The number of aromatic nitrogens is 2. The summed E-state index contributed by atoms with van der Waals surface area (Å²) in [6.45, 7) is 18.7. The molecule has 360 valence electrons. The number of Topliss-reactive ketones (excluding diaryl/α,β-unsaturated/α-hetero) is 2. The summed E-state index contributed by atoms with van der Waals surface area (Å²) in [4.78, 5) is 47.7.